The Morgan fingerprint density at radius 3 is 2.21 bits per heavy atom. The number of nitrogens with one attached hydrogen (secondary N) is 2. The van der Waals surface area contributed by atoms with Crippen molar-refractivity contribution in [1.82, 2.24) is 15.1 Å². The minimum Gasteiger partial charge on any atom is -0.493 e. The van der Waals surface area contributed by atoms with Crippen LogP contribution in [0.1, 0.15) is 25.0 Å². The van der Waals surface area contributed by atoms with Crippen molar-refractivity contribution in [2.75, 3.05) is 58.8 Å². The average molecular weight is 568 g/mol. The molecule has 0 aliphatic carbocycles. The molecule has 1 aliphatic heterocycles. The number of hydrogen-bond acceptors (Lipinski definition) is 5. The van der Waals surface area contributed by atoms with E-state index < -0.39 is 0 Å². The maximum absolute atomic E-state index is 5.42. The molecule has 0 atom stereocenters. The number of ether oxygens (including phenoxy) is 2. The molecule has 0 aromatic heterocycles. The summed E-state index contributed by atoms with van der Waals surface area (Å²) in [7, 11) is 3.28. The second kappa shape index (κ2) is 14.3. The van der Waals surface area contributed by atoms with E-state index in [-0.39, 0.29) is 24.0 Å². The minimum atomic E-state index is 0. The van der Waals surface area contributed by atoms with E-state index >= 15 is 0 Å². The second-order valence-electron chi connectivity index (χ2n) is 7.87. The van der Waals surface area contributed by atoms with Crippen molar-refractivity contribution < 1.29 is 9.47 Å². The van der Waals surface area contributed by atoms with Crippen molar-refractivity contribution in [3.63, 3.8) is 0 Å². The summed E-state index contributed by atoms with van der Waals surface area (Å²) in [4.78, 5) is 9.90. The molecule has 8 heteroatoms. The number of benzene rings is 2. The SMILES string of the molecule is CCNC(=NCc1ccccc1CN1CCN(CC)CC1)Nc1ccc(OC)c(OC)c1.I. The number of guanidine groups is 1. The lowest BCUT2D eigenvalue weighted by atomic mass is 10.1. The van der Waals surface area contributed by atoms with Crippen LogP contribution in [0.5, 0.6) is 11.5 Å². The van der Waals surface area contributed by atoms with Gasteiger partial charge < -0.3 is 25.0 Å². The Morgan fingerprint density at radius 1 is 0.909 bits per heavy atom. The molecule has 0 unspecified atom stereocenters. The Balaban J connectivity index is 0.00000385. The Kier molecular flexibility index (Phi) is 11.8. The van der Waals surface area contributed by atoms with Gasteiger partial charge in [-0.1, -0.05) is 31.2 Å². The number of piperazine rings is 1. The summed E-state index contributed by atoms with van der Waals surface area (Å²) in [6.07, 6.45) is 0. The summed E-state index contributed by atoms with van der Waals surface area (Å²) in [6.45, 7) is 12.4. The predicted molar refractivity (Wildman–Crippen MR) is 147 cm³/mol. The van der Waals surface area contributed by atoms with Crippen LogP contribution in [0.4, 0.5) is 5.69 Å². The number of aliphatic imine (C=N–C) groups is 1. The van der Waals surface area contributed by atoms with Crippen molar-refractivity contribution in [3.05, 3.63) is 53.6 Å². The van der Waals surface area contributed by atoms with Crippen molar-refractivity contribution in [2.24, 2.45) is 4.99 Å². The van der Waals surface area contributed by atoms with Gasteiger partial charge in [0.15, 0.2) is 17.5 Å². The molecule has 1 heterocycles. The van der Waals surface area contributed by atoms with Crippen LogP contribution in [0.2, 0.25) is 0 Å². The van der Waals surface area contributed by atoms with Gasteiger partial charge in [0.2, 0.25) is 0 Å². The summed E-state index contributed by atoms with van der Waals surface area (Å²) in [5, 5.41) is 6.71. The van der Waals surface area contributed by atoms with E-state index in [1.165, 1.54) is 11.1 Å². The highest BCUT2D eigenvalue weighted by Gasteiger charge is 2.16. The lowest BCUT2D eigenvalue weighted by Crippen LogP contribution is -2.45. The molecule has 2 aromatic rings. The first kappa shape index (κ1) is 27.2. The summed E-state index contributed by atoms with van der Waals surface area (Å²) in [5.74, 6) is 2.13. The molecular formula is C25H38IN5O2. The van der Waals surface area contributed by atoms with Crippen LogP contribution in [0.15, 0.2) is 47.5 Å². The number of hydrogen-bond donors (Lipinski definition) is 2. The third-order valence-electron chi connectivity index (χ3n) is 5.82. The predicted octanol–water partition coefficient (Wildman–Crippen LogP) is 4.04. The Hall–Kier alpha value is -2.04. The van der Waals surface area contributed by atoms with Crippen LogP contribution >= 0.6 is 24.0 Å². The summed E-state index contributed by atoms with van der Waals surface area (Å²) < 4.78 is 10.7. The zero-order chi connectivity index (χ0) is 22.8. The van der Waals surface area contributed by atoms with Crippen LogP contribution < -0.4 is 20.1 Å². The number of nitrogens with zero attached hydrogens (tertiary/aromatic N) is 3. The summed E-state index contributed by atoms with van der Waals surface area (Å²) in [5.41, 5.74) is 3.50. The van der Waals surface area contributed by atoms with E-state index in [1.807, 2.05) is 18.2 Å². The molecule has 1 fully saturated rings. The molecule has 1 aliphatic rings. The first-order valence-corrected chi connectivity index (χ1v) is 11.5. The Bertz CT molecular complexity index is 885. The third-order valence-corrected chi connectivity index (χ3v) is 5.82. The molecule has 182 valence electrons. The van der Waals surface area contributed by atoms with Crippen molar-refractivity contribution in [3.8, 4) is 11.5 Å². The fourth-order valence-corrected chi connectivity index (χ4v) is 3.89. The lowest BCUT2D eigenvalue weighted by molar-refractivity contribution is 0.131. The van der Waals surface area contributed by atoms with Crippen LogP contribution in [-0.4, -0.2) is 69.2 Å². The fraction of sp³-hybridized carbons (Fsp3) is 0.480. The highest BCUT2D eigenvalue weighted by Crippen LogP contribution is 2.29. The van der Waals surface area contributed by atoms with Crippen LogP contribution in [-0.2, 0) is 13.1 Å². The molecule has 0 saturated carbocycles. The molecule has 2 N–H and O–H groups in total. The van der Waals surface area contributed by atoms with Crippen LogP contribution in [0.25, 0.3) is 0 Å². The standard InChI is InChI=1S/C25H37N5O2.HI/c1-5-26-25(28-22-11-12-23(31-3)24(17-22)32-4)27-18-20-9-7-8-10-21(20)19-30-15-13-29(6-2)14-16-30;/h7-12,17H,5-6,13-16,18-19H2,1-4H3,(H2,26,27,28);1H. The van der Waals surface area contributed by atoms with Gasteiger partial charge in [-0.3, -0.25) is 4.90 Å². The Morgan fingerprint density at radius 2 is 1.58 bits per heavy atom. The summed E-state index contributed by atoms with van der Waals surface area (Å²) in [6, 6.07) is 14.4. The van der Waals surface area contributed by atoms with Crippen molar-refractivity contribution >= 4 is 35.6 Å². The fourth-order valence-electron chi connectivity index (χ4n) is 3.89. The molecule has 3 rings (SSSR count). The highest BCUT2D eigenvalue weighted by atomic mass is 127. The summed E-state index contributed by atoms with van der Waals surface area (Å²) >= 11 is 0. The van der Waals surface area contributed by atoms with Gasteiger partial charge in [-0.05, 0) is 36.7 Å². The van der Waals surface area contributed by atoms with Crippen LogP contribution in [0, 0.1) is 0 Å². The molecule has 0 bridgehead atoms. The molecule has 33 heavy (non-hydrogen) atoms. The Labute approximate surface area is 215 Å². The normalized spacial score (nSPS) is 15.0. The maximum Gasteiger partial charge on any atom is 0.196 e. The van der Waals surface area contributed by atoms with E-state index in [9.17, 15) is 0 Å². The number of rotatable bonds is 9. The van der Waals surface area contributed by atoms with Gasteiger partial charge in [0.1, 0.15) is 0 Å². The zero-order valence-corrected chi connectivity index (χ0v) is 22.6. The number of likely N-dealkylation sites (N-methyl/N-ethyl adjacent to an activating group) is 1. The first-order chi connectivity index (χ1) is 15.7. The van der Waals surface area contributed by atoms with Gasteiger partial charge in [-0.15, -0.1) is 24.0 Å². The largest absolute Gasteiger partial charge is 0.493 e. The molecule has 1 saturated heterocycles. The second-order valence-corrected chi connectivity index (χ2v) is 7.87. The smallest absolute Gasteiger partial charge is 0.196 e. The van der Waals surface area contributed by atoms with E-state index in [1.54, 1.807) is 14.2 Å². The quantitative estimate of drug-likeness (QED) is 0.271. The average Bonchev–Trinajstić information content (AvgIpc) is 2.84. The number of anilines is 1. The van der Waals surface area contributed by atoms with Gasteiger partial charge in [-0.25, -0.2) is 4.99 Å². The van der Waals surface area contributed by atoms with E-state index in [4.69, 9.17) is 14.5 Å². The topological polar surface area (TPSA) is 61.4 Å². The van der Waals surface area contributed by atoms with E-state index in [0.29, 0.717) is 18.0 Å². The highest BCUT2D eigenvalue weighted by molar-refractivity contribution is 14.0. The van der Waals surface area contributed by atoms with Gasteiger partial charge >= 0.3 is 0 Å². The zero-order valence-electron chi connectivity index (χ0n) is 20.3. The van der Waals surface area contributed by atoms with Gasteiger partial charge in [0, 0.05) is 51.0 Å². The third kappa shape index (κ3) is 8.04. The molecule has 2 aromatic carbocycles. The van der Waals surface area contributed by atoms with Gasteiger partial charge in [0.25, 0.3) is 0 Å². The molecule has 7 nitrogen and oxygen atoms in total. The van der Waals surface area contributed by atoms with E-state index in [0.717, 1.165) is 57.5 Å². The molecule has 0 amide bonds. The van der Waals surface area contributed by atoms with Crippen molar-refractivity contribution in [1.29, 1.82) is 0 Å². The maximum atomic E-state index is 5.42. The molecule has 0 radical (unpaired) electrons. The minimum absolute atomic E-state index is 0. The lowest BCUT2D eigenvalue weighted by Gasteiger charge is -2.34. The van der Waals surface area contributed by atoms with Gasteiger partial charge in [-0.2, -0.15) is 0 Å². The number of methoxy groups -OCH3 is 2. The van der Waals surface area contributed by atoms with Crippen LogP contribution in [0.3, 0.4) is 0 Å². The first-order valence-electron chi connectivity index (χ1n) is 11.5. The molecule has 0 spiro atoms. The molecular weight excluding hydrogens is 529 g/mol. The number of halogens is 1. The monoisotopic (exact) mass is 567 g/mol. The van der Waals surface area contributed by atoms with Gasteiger partial charge in [0.05, 0.1) is 20.8 Å². The van der Waals surface area contributed by atoms with Crippen molar-refractivity contribution in [2.45, 2.75) is 26.9 Å². The van der Waals surface area contributed by atoms with E-state index in [2.05, 4.69) is 58.5 Å².